The van der Waals surface area contributed by atoms with Gasteiger partial charge in [-0.15, -0.1) is 0 Å². The third-order valence-electron chi connectivity index (χ3n) is 2.46. The molecule has 0 fully saturated rings. The van der Waals surface area contributed by atoms with Gasteiger partial charge in [-0.1, -0.05) is 12.1 Å². The molecule has 0 radical (unpaired) electrons. The number of aliphatic hydroxyl groups is 1. The van der Waals surface area contributed by atoms with Crippen LogP contribution < -0.4 is 10.1 Å². The number of aromatic nitrogens is 2. The van der Waals surface area contributed by atoms with Gasteiger partial charge in [0.05, 0.1) is 12.9 Å². The molecule has 18 heavy (non-hydrogen) atoms. The Bertz CT molecular complexity index is 457. The van der Waals surface area contributed by atoms with Crippen LogP contribution in [0.3, 0.4) is 0 Å². The summed E-state index contributed by atoms with van der Waals surface area (Å²) in [6, 6.07) is 7.83. The zero-order chi connectivity index (χ0) is 12.6. The lowest BCUT2D eigenvalue weighted by Gasteiger charge is -2.07. The second-order valence-corrected chi connectivity index (χ2v) is 3.90. The first kappa shape index (κ1) is 12.6. The third-order valence-corrected chi connectivity index (χ3v) is 2.46. The Kier molecular flexibility index (Phi) is 4.75. The van der Waals surface area contributed by atoms with Crippen molar-refractivity contribution in [1.82, 2.24) is 15.3 Å². The summed E-state index contributed by atoms with van der Waals surface area (Å²) in [5.41, 5.74) is 2.20. The smallest absolute Gasteiger partial charge is 0.119 e. The van der Waals surface area contributed by atoms with Crippen LogP contribution in [0.1, 0.15) is 11.3 Å². The van der Waals surface area contributed by atoms with E-state index >= 15 is 0 Å². The molecule has 0 saturated carbocycles. The van der Waals surface area contributed by atoms with Crippen molar-refractivity contribution in [2.75, 3.05) is 13.2 Å². The van der Waals surface area contributed by atoms with Gasteiger partial charge in [-0.3, -0.25) is 0 Å². The van der Waals surface area contributed by atoms with Crippen molar-refractivity contribution in [3.05, 3.63) is 48.0 Å². The van der Waals surface area contributed by atoms with Gasteiger partial charge in [0.2, 0.25) is 0 Å². The van der Waals surface area contributed by atoms with E-state index in [0.29, 0.717) is 6.61 Å². The molecule has 0 aliphatic rings. The molecule has 5 nitrogen and oxygen atoms in total. The number of benzene rings is 1. The van der Waals surface area contributed by atoms with Crippen LogP contribution in [0, 0.1) is 0 Å². The molecule has 2 aromatic rings. The van der Waals surface area contributed by atoms with Crippen molar-refractivity contribution in [2.24, 2.45) is 0 Å². The zero-order valence-corrected chi connectivity index (χ0v) is 10.1. The first-order valence-electron chi connectivity index (χ1n) is 5.89. The van der Waals surface area contributed by atoms with Crippen LogP contribution >= 0.6 is 0 Å². The van der Waals surface area contributed by atoms with Crippen molar-refractivity contribution in [1.29, 1.82) is 0 Å². The van der Waals surface area contributed by atoms with Crippen molar-refractivity contribution >= 4 is 0 Å². The molecular weight excluding hydrogens is 230 g/mol. The lowest BCUT2D eigenvalue weighted by atomic mass is 10.2. The molecule has 0 spiro atoms. The fourth-order valence-corrected chi connectivity index (χ4v) is 1.63. The molecule has 3 N–H and O–H groups in total. The van der Waals surface area contributed by atoms with Gasteiger partial charge in [0.25, 0.3) is 0 Å². The number of aromatic amines is 1. The van der Waals surface area contributed by atoms with Gasteiger partial charge in [0, 0.05) is 25.0 Å². The highest BCUT2D eigenvalue weighted by Crippen LogP contribution is 2.13. The summed E-state index contributed by atoms with van der Waals surface area (Å²) in [6.45, 7) is 1.87. The normalized spacial score (nSPS) is 10.5. The summed E-state index contributed by atoms with van der Waals surface area (Å²) >= 11 is 0. The number of rotatable bonds is 7. The maximum Gasteiger partial charge on any atom is 0.119 e. The van der Waals surface area contributed by atoms with Crippen molar-refractivity contribution in [3.8, 4) is 5.75 Å². The van der Waals surface area contributed by atoms with Gasteiger partial charge in [-0.05, 0) is 17.7 Å². The molecule has 1 aromatic heterocycles. The van der Waals surface area contributed by atoms with E-state index < -0.39 is 0 Å². The summed E-state index contributed by atoms with van der Waals surface area (Å²) in [4.78, 5) is 6.99. The molecule has 0 atom stereocenters. The number of nitrogens with one attached hydrogen (secondary N) is 2. The topological polar surface area (TPSA) is 70.2 Å². The van der Waals surface area contributed by atoms with Crippen LogP contribution in [0.15, 0.2) is 36.8 Å². The summed E-state index contributed by atoms with van der Waals surface area (Å²) in [6.07, 6.45) is 3.47. The zero-order valence-electron chi connectivity index (χ0n) is 10.1. The quantitative estimate of drug-likeness (QED) is 0.684. The predicted octanol–water partition coefficient (Wildman–Crippen LogP) is 1.07. The van der Waals surface area contributed by atoms with Crippen molar-refractivity contribution in [3.63, 3.8) is 0 Å². The lowest BCUT2D eigenvalue weighted by molar-refractivity contribution is 0.201. The van der Waals surface area contributed by atoms with Crippen LogP contribution in [0.4, 0.5) is 0 Å². The van der Waals surface area contributed by atoms with Gasteiger partial charge in [-0.2, -0.15) is 0 Å². The number of imidazole rings is 1. The second-order valence-electron chi connectivity index (χ2n) is 3.90. The largest absolute Gasteiger partial charge is 0.491 e. The molecule has 0 aliphatic carbocycles. The van der Waals surface area contributed by atoms with E-state index in [1.54, 1.807) is 12.5 Å². The van der Waals surface area contributed by atoms with Crippen LogP contribution in [-0.4, -0.2) is 28.3 Å². The predicted molar refractivity (Wildman–Crippen MR) is 68.2 cm³/mol. The minimum Gasteiger partial charge on any atom is -0.491 e. The molecule has 0 saturated heterocycles. The van der Waals surface area contributed by atoms with Crippen molar-refractivity contribution < 1.29 is 9.84 Å². The number of ether oxygens (including phenoxy) is 1. The Balaban J connectivity index is 1.81. The Labute approximate surface area is 106 Å². The summed E-state index contributed by atoms with van der Waals surface area (Å²) in [5, 5.41) is 12.0. The lowest BCUT2D eigenvalue weighted by Crippen LogP contribution is -2.13. The molecule has 5 heteroatoms. The highest BCUT2D eigenvalue weighted by atomic mass is 16.5. The van der Waals surface area contributed by atoms with Crippen LogP contribution in [0.25, 0.3) is 0 Å². The highest BCUT2D eigenvalue weighted by molar-refractivity contribution is 5.28. The summed E-state index contributed by atoms with van der Waals surface area (Å²) in [7, 11) is 0. The van der Waals surface area contributed by atoms with Gasteiger partial charge in [-0.25, -0.2) is 4.98 Å². The first-order valence-corrected chi connectivity index (χ1v) is 5.89. The van der Waals surface area contributed by atoms with Crippen LogP contribution in [0.2, 0.25) is 0 Å². The van der Waals surface area contributed by atoms with E-state index in [0.717, 1.165) is 30.1 Å². The molecule has 1 aromatic carbocycles. The van der Waals surface area contributed by atoms with E-state index in [1.165, 1.54) is 0 Å². The summed E-state index contributed by atoms with van der Waals surface area (Å²) < 4.78 is 5.35. The molecule has 2 rings (SSSR count). The molecule has 0 unspecified atom stereocenters. The van der Waals surface area contributed by atoms with Crippen molar-refractivity contribution in [2.45, 2.75) is 13.1 Å². The number of aliphatic hydroxyl groups excluding tert-OH is 1. The van der Waals surface area contributed by atoms with E-state index in [4.69, 9.17) is 9.84 Å². The maximum absolute atomic E-state index is 8.70. The monoisotopic (exact) mass is 247 g/mol. The Morgan fingerprint density at radius 3 is 3.06 bits per heavy atom. The number of hydrogen-bond acceptors (Lipinski definition) is 4. The van der Waals surface area contributed by atoms with E-state index in [-0.39, 0.29) is 6.61 Å². The molecule has 0 bridgehead atoms. The van der Waals surface area contributed by atoms with Crippen LogP contribution in [0.5, 0.6) is 5.75 Å². The van der Waals surface area contributed by atoms with Gasteiger partial charge >= 0.3 is 0 Å². The molecule has 1 heterocycles. The molecule has 0 aliphatic heterocycles. The van der Waals surface area contributed by atoms with Gasteiger partial charge < -0.3 is 20.1 Å². The highest BCUT2D eigenvalue weighted by Gasteiger charge is 1.98. The minimum absolute atomic E-state index is 0.0301. The van der Waals surface area contributed by atoms with E-state index in [1.807, 2.05) is 24.3 Å². The van der Waals surface area contributed by atoms with E-state index in [2.05, 4.69) is 15.3 Å². The molecular formula is C13H17N3O2. The first-order chi connectivity index (χ1) is 8.88. The second kappa shape index (κ2) is 6.78. The van der Waals surface area contributed by atoms with Gasteiger partial charge in [0.15, 0.2) is 0 Å². The maximum atomic E-state index is 8.70. The summed E-state index contributed by atoms with van der Waals surface area (Å²) in [5.74, 6) is 0.782. The Hall–Kier alpha value is -1.85. The molecule has 96 valence electrons. The Morgan fingerprint density at radius 1 is 1.33 bits per heavy atom. The van der Waals surface area contributed by atoms with E-state index in [9.17, 15) is 0 Å². The minimum atomic E-state index is 0.0301. The average Bonchev–Trinajstić information content (AvgIpc) is 2.90. The number of H-pyrrole nitrogens is 1. The Morgan fingerprint density at radius 2 is 2.28 bits per heavy atom. The molecule has 0 amide bonds. The SMILES string of the molecule is OCCOc1cccc(CNCc2cnc[nH]2)c1. The third kappa shape index (κ3) is 3.87. The number of hydrogen-bond donors (Lipinski definition) is 3. The number of nitrogens with zero attached hydrogens (tertiary/aromatic N) is 1. The standard InChI is InChI=1S/C13H17N3O2/c17-4-5-18-13-3-1-2-11(6-13)7-14-8-12-9-15-10-16-12/h1-3,6,9-10,14,17H,4-5,7-8H2,(H,15,16). The average molecular weight is 247 g/mol. The fraction of sp³-hybridized carbons (Fsp3) is 0.308. The fourth-order valence-electron chi connectivity index (χ4n) is 1.63. The van der Waals surface area contributed by atoms with Crippen LogP contribution in [-0.2, 0) is 13.1 Å². The van der Waals surface area contributed by atoms with Gasteiger partial charge in [0.1, 0.15) is 12.4 Å².